The van der Waals surface area contributed by atoms with Gasteiger partial charge in [-0.2, -0.15) is 4.98 Å². The second kappa shape index (κ2) is 5.81. The number of rotatable bonds is 3. The van der Waals surface area contributed by atoms with E-state index in [4.69, 9.17) is 16.2 Å². The summed E-state index contributed by atoms with van der Waals surface area (Å²) in [6, 6.07) is 10.7. The maximum Gasteiger partial charge on any atom is 0.223 e. The third kappa shape index (κ3) is 2.77. The van der Waals surface area contributed by atoms with Crippen molar-refractivity contribution in [3.8, 4) is 5.88 Å². The average molecular weight is 310 g/mol. The van der Waals surface area contributed by atoms with Crippen LogP contribution >= 0.6 is 0 Å². The van der Waals surface area contributed by atoms with Gasteiger partial charge in [0.15, 0.2) is 0 Å². The van der Waals surface area contributed by atoms with Crippen LogP contribution < -0.4 is 16.2 Å². The van der Waals surface area contributed by atoms with Gasteiger partial charge in [0.25, 0.3) is 0 Å². The number of hydrogen-bond donors (Lipinski definition) is 2. The Morgan fingerprint density at radius 1 is 1.09 bits per heavy atom. The zero-order valence-electron chi connectivity index (χ0n) is 13.1. The number of nitrogen functional groups attached to an aromatic ring is 1. The van der Waals surface area contributed by atoms with Crippen LogP contribution in [0.2, 0.25) is 0 Å². The van der Waals surface area contributed by atoms with Gasteiger partial charge in [-0.3, -0.25) is 0 Å². The van der Waals surface area contributed by atoms with Crippen LogP contribution in [0.15, 0.2) is 30.3 Å². The molecule has 1 heterocycles. The van der Waals surface area contributed by atoms with Crippen LogP contribution in [0.25, 0.3) is 0 Å². The third-order valence-electron chi connectivity index (χ3n) is 4.88. The second-order valence-corrected chi connectivity index (χ2v) is 6.58. The van der Waals surface area contributed by atoms with Gasteiger partial charge in [0.05, 0.1) is 5.69 Å². The Morgan fingerprint density at radius 2 is 1.87 bits per heavy atom. The predicted molar refractivity (Wildman–Crippen MR) is 89.3 cm³/mol. The summed E-state index contributed by atoms with van der Waals surface area (Å²) in [6.45, 7) is 0. The summed E-state index contributed by atoms with van der Waals surface area (Å²) in [5, 5.41) is 0. The molecule has 1 aromatic heterocycles. The van der Waals surface area contributed by atoms with Crippen molar-refractivity contribution in [2.24, 2.45) is 5.73 Å². The first-order valence-electron chi connectivity index (χ1n) is 8.34. The molecule has 4 rings (SSSR count). The summed E-state index contributed by atoms with van der Waals surface area (Å²) in [7, 11) is 0. The molecule has 0 saturated heterocycles. The van der Waals surface area contributed by atoms with Crippen LogP contribution in [0.4, 0.5) is 5.95 Å². The molecule has 4 N–H and O–H groups in total. The highest BCUT2D eigenvalue weighted by Gasteiger charge is 2.32. The highest BCUT2D eigenvalue weighted by Crippen LogP contribution is 2.39. The number of ether oxygens (including phenoxy) is 1. The Kier molecular flexibility index (Phi) is 3.65. The number of hydrogen-bond acceptors (Lipinski definition) is 5. The van der Waals surface area contributed by atoms with Gasteiger partial charge in [-0.25, -0.2) is 4.98 Å². The SMILES string of the molecule is Nc1nc(O[C@H]2C[C@H](N)C2)c2c(n1)C(c1ccccc1)CCC2. The van der Waals surface area contributed by atoms with Crippen molar-refractivity contribution in [3.63, 3.8) is 0 Å². The third-order valence-corrected chi connectivity index (χ3v) is 4.88. The molecule has 0 radical (unpaired) electrons. The number of aromatic nitrogens is 2. The molecule has 2 aliphatic carbocycles. The molecule has 2 aromatic rings. The van der Waals surface area contributed by atoms with E-state index in [9.17, 15) is 0 Å². The first kappa shape index (κ1) is 14.5. The summed E-state index contributed by atoms with van der Waals surface area (Å²) in [6.07, 6.45) is 5.09. The van der Waals surface area contributed by atoms with Crippen LogP contribution in [0, 0.1) is 0 Å². The quantitative estimate of drug-likeness (QED) is 0.909. The first-order chi connectivity index (χ1) is 11.2. The van der Waals surface area contributed by atoms with Crippen molar-refractivity contribution in [1.29, 1.82) is 0 Å². The van der Waals surface area contributed by atoms with Gasteiger partial charge in [0, 0.05) is 17.5 Å². The topological polar surface area (TPSA) is 87.0 Å². The largest absolute Gasteiger partial charge is 0.474 e. The van der Waals surface area contributed by atoms with Gasteiger partial charge >= 0.3 is 0 Å². The van der Waals surface area contributed by atoms with E-state index in [0.717, 1.165) is 43.4 Å². The molecular formula is C18H22N4O. The Balaban J connectivity index is 1.69. The zero-order valence-corrected chi connectivity index (χ0v) is 13.1. The fraction of sp³-hybridized carbons (Fsp3) is 0.444. The molecule has 1 aromatic carbocycles. The van der Waals surface area contributed by atoms with E-state index >= 15 is 0 Å². The van der Waals surface area contributed by atoms with Crippen molar-refractivity contribution in [3.05, 3.63) is 47.2 Å². The van der Waals surface area contributed by atoms with Crippen LogP contribution in [0.5, 0.6) is 5.88 Å². The normalized spacial score (nSPS) is 26.2. The standard InChI is InChI=1S/C18H22N4O/c19-12-9-13(10-12)23-17-15-8-4-7-14(11-5-2-1-3-6-11)16(15)21-18(20)22-17/h1-3,5-6,12-14H,4,7-10,19H2,(H2,20,21,22)/t12-,13-,14?. The lowest BCUT2D eigenvalue weighted by molar-refractivity contribution is 0.0942. The maximum atomic E-state index is 6.07. The summed E-state index contributed by atoms with van der Waals surface area (Å²) in [5.74, 6) is 1.24. The van der Waals surface area contributed by atoms with E-state index in [1.54, 1.807) is 0 Å². The minimum absolute atomic E-state index is 0.167. The van der Waals surface area contributed by atoms with E-state index in [-0.39, 0.29) is 18.1 Å². The molecular weight excluding hydrogens is 288 g/mol. The molecule has 5 heteroatoms. The van der Waals surface area contributed by atoms with E-state index < -0.39 is 0 Å². The number of anilines is 1. The molecule has 1 saturated carbocycles. The van der Waals surface area contributed by atoms with E-state index in [1.165, 1.54) is 5.56 Å². The molecule has 0 bridgehead atoms. The van der Waals surface area contributed by atoms with Crippen LogP contribution in [0.1, 0.15) is 48.4 Å². The van der Waals surface area contributed by atoms with E-state index in [0.29, 0.717) is 11.8 Å². The van der Waals surface area contributed by atoms with Gasteiger partial charge in [-0.1, -0.05) is 30.3 Å². The van der Waals surface area contributed by atoms with Crippen LogP contribution in [0.3, 0.4) is 0 Å². The smallest absolute Gasteiger partial charge is 0.223 e. The molecule has 5 nitrogen and oxygen atoms in total. The van der Waals surface area contributed by atoms with Crippen LogP contribution in [-0.4, -0.2) is 22.1 Å². The van der Waals surface area contributed by atoms with E-state index in [1.807, 2.05) is 6.07 Å². The van der Waals surface area contributed by atoms with Crippen molar-refractivity contribution < 1.29 is 4.74 Å². The van der Waals surface area contributed by atoms with Crippen molar-refractivity contribution in [2.45, 2.75) is 50.2 Å². The Morgan fingerprint density at radius 3 is 2.61 bits per heavy atom. The summed E-state index contributed by atoms with van der Waals surface area (Å²) in [5.41, 5.74) is 15.3. The molecule has 120 valence electrons. The lowest BCUT2D eigenvalue weighted by Gasteiger charge is -2.34. The summed E-state index contributed by atoms with van der Waals surface area (Å²) >= 11 is 0. The maximum absolute atomic E-state index is 6.07. The molecule has 0 aliphatic heterocycles. The fourth-order valence-electron chi connectivity index (χ4n) is 3.61. The molecule has 23 heavy (non-hydrogen) atoms. The van der Waals surface area contributed by atoms with Crippen molar-refractivity contribution in [1.82, 2.24) is 9.97 Å². The van der Waals surface area contributed by atoms with Gasteiger partial charge in [0.1, 0.15) is 6.10 Å². The minimum atomic E-state index is 0.167. The number of fused-ring (bicyclic) bond motifs is 1. The monoisotopic (exact) mass is 310 g/mol. The molecule has 0 amide bonds. The minimum Gasteiger partial charge on any atom is -0.474 e. The zero-order chi connectivity index (χ0) is 15.8. The number of nitrogens with zero attached hydrogens (tertiary/aromatic N) is 2. The van der Waals surface area contributed by atoms with E-state index in [2.05, 4.69) is 34.2 Å². The lowest BCUT2D eigenvalue weighted by atomic mass is 9.82. The fourth-order valence-corrected chi connectivity index (χ4v) is 3.61. The molecule has 1 atom stereocenters. The summed E-state index contributed by atoms with van der Waals surface area (Å²) in [4.78, 5) is 8.93. The average Bonchev–Trinajstić information content (AvgIpc) is 2.53. The molecule has 0 spiro atoms. The van der Waals surface area contributed by atoms with Gasteiger partial charge in [-0.05, 0) is 37.7 Å². The number of benzene rings is 1. The molecule has 1 fully saturated rings. The molecule has 2 aliphatic rings. The van der Waals surface area contributed by atoms with Crippen molar-refractivity contribution in [2.75, 3.05) is 5.73 Å². The predicted octanol–water partition coefficient (Wildman–Crippen LogP) is 2.40. The van der Waals surface area contributed by atoms with Gasteiger partial charge in [0.2, 0.25) is 11.8 Å². The Bertz CT molecular complexity index is 698. The lowest BCUT2D eigenvalue weighted by Crippen LogP contribution is -2.43. The first-order valence-corrected chi connectivity index (χ1v) is 8.34. The number of nitrogens with two attached hydrogens (primary N) is 2. The van der Waals surface area contributed by atoms with Crippen LogP contribution in [-0.2, 0) is 6.42 Å². The highest BCUT2D eigenvalue weighted by atomic mass is 16.5. The molecule has 1 unspecified atom stereocenters. The van der Waals surface area contributed by atoms with Crippen molar-refractivity contribution >= 4 is 5.95 Å². The second-order valence-electron chi connectivity index (χ2n) is 6.58. The Hall–Kier alpha value is -2.14. The summed E-state index contributed by atoms with van der Waals surface area (Å²) < 4.78 is 6.07. The van der Waals surface area contributed by atoms with Gasteiger partial charge < -0.3 is 16.2 Å². The highest BCUT2D eigenvalue weighted by molar-refractivity contribution is 5.43. The Labute approximate surface area is 136 Å². The van der Waals surface area contributed by atoms with Gasteiger partial charge in [-0.15, -0.1) is 0 Å².